The molecular weight excluding hydrogens is 274 g/mol. The largest absolute Gasteiger partial charge is 0.381 e. The van der Waals surface area contributed by atoms with Crippen LogP contribution >= 0.6 is 11.6 Å². The van der Waals surface area contributed by atoms with Gasteiger partial charge in [0.15, 0.2) is 0 Å². The number of pyridine rings is 1. The molecule has 1 N–H and O–H groups in total. The minimum atomic E-state index is 0.377. The van der Waals surface area contributed by atoms with Gasteiger partial charge in [-0.3, -0.25) is 4.90 Å². The number of aromatic nitrogens is 1. The first-order chi connectivity index (χ1) is 9.86. The molecule has 2 saturated heterocycles. The summed E-state index contributed by atoms with van der Waals surface area (Å²) < 4.78 is 5.52. The number of hydrogen-bond acceptors (Lipinski definition) is 4. The van der Waals surface area contributed by atoms with E-state index in [0.717, 1.165) is 52.2 Å². The Morgan fingerprint density at radius 2 is 2.05 bits per heavy atom. The molecule has 0 aliphatic carbocycles. The van der Waals surface area contributed by atoms with Crippen molar-refractivity contribution in [2.24, 2.45) is 5.92 Å². The smallest absolute Gasteiger partial charge is 0.133 e. The lowest BCUT2D eigenvalue weighted by Crippen LogP contribution is -2.47. The Morgan fingerprint density at radius 1 is 1.30 bits per heavy atom. The quantitative estimate of drug-likeness (QED) is 0.867. The maximum atomic E-state index is 6.37. The highest BCUT2D eigenvalue weighted by atomic mass is 35.5. The number of nitrogens with one attached hydrogen (secondary N) is 1. The van der Waals surface area contributed by atoms with Crippen molar-refractivity contribution in [3.05, 3.63) is 29.0 Å². The molecule has 0 unspecified atom stereocenters. The van der Waals surface area contributed by atoms with Crippen LogP contribution in [0, 0.1) is 5.92 Å². The van der Waals surface area contributed by atoms with Gasteiger partial charge < -0.3 is 10.1 Å². The van der Waals surface area contributed by atoms with E-state index in [0.29, 0.717) is 17.1 Å². The Hall–Kier alpha value is -0.680. The van der Waals surface area contributed by atoms with Gasteiger partial charge in [-0.15, -0.1) is 0 Å². The Bertz CT molecular complexity index is 413. The maximum Gasteiger partial charge on any atom is 0.133 e. The van der Waals surface area contributed by atoms with Crippen LogP contribution in [0.2, 0.25) is 5.15 Å². The van der Waals surface area contributed by atoms with Gasteiger partial charge in [-0.2, -0.15) is 0 Å². The average Bonchev–Trinajstić information content (AvgIpc) is 2.52. The molecule has 1 aromatic heterocycles. The predicted molar refractivity (Wildman–Crippen MR) is 80.0 cm³/mol. The van der Waals surface area contributed by atoms with Crippen LogP contribution in [-0.4, -0.2) is 49.3 Å². The number of rotatable bonds is 3. The summed E-state index contributed by atoms with van der Waals surface area (Å²) in [7, 11) is 0. The van der Waals surface area contributed by atoms with Crippen LogP contribution in [0.5, 0.6) is 0 Å². The fourth-order valence-electron chi connectivity index (χ4n) is 3.36. The minimum absolute atomic E-state index is 0.377. The molecule has 4 nitrogen and oxygen atoms in total. The van der Waals surface area contributed by atoms with E-state index < -0.39 is 0 Å². The fraction of sp³-hybridized carbons (Fsp3) is 0.667. The molecule has 2 aliphatic heterocycles. The molecule has 110 valence electrons. The van der Waals surface area contributed by atoms with E-state index >= 15 is 0 Å². The van der Waals surface area contributed by atoms with E-state index in [4.69, 9.17) is 16.3 Å². The SMILES string of the molecule is Clc1ncccc1[C@@H](C1CCOCC1)N1CCNCC1. The molecule has 0 aromatic carbocycles. The number of piperazine rings is 1. The van der Waals surface area contributed by atoms with Crippen molar-refractivity contribution in [2.75, 3.05) is 39.4 Å². The minimum Gasteiger partial charge on any atom is -0.381 e. The summed E-state index contributed by atoms with van der Waals surface area (Å²) in [6.45, 7) is 5.99. The zero-order valence-corrected chi connectivity index (χ0v) is 12.5. The summed E-state index contributed by atoms with van der Waals surface area (Å²) in [4.78, 5) is 6.85. The first-order valence-electron chi connectivity index (χ1n) is 7.49. The van der Waals surface area contributed by atoms with Gasteiger partial charge in [0, 0.05) is 57.2 Å². The summed E-state index contributed by atoms with van der Waals surface area (Å²) in [5.74, 6) is 0.614. The molecule has 20 heavy (non-hydrogen) atoms. The third kappa shape index (κ3) is 3.14. The van der Waals surface area contributed by atoms with Crippen LogP contribution in [0.4, 0.5) is 0 Å². The van der Waals surface area contributed by atoms with Gasteiger partial charge in [-0.25, -0.2) is 4.98 Å². The lowest BCUT2D eigenvalue weighted by atomic mass is 9.86. The van der Waals surface area contributed by atoms with E-state index in [1.54, 1.807) is 6.20 Å². The summed E-state index contributed by atoms with van der Waals surface area (Å²) >= 11 is 6.37. The van der Waals surface area contributed by atoms with Gasteiger partial charge in [-0.05, 0) is 24.8 Å². The summed E-state index contributed by atoms with van der Waals surface area (Å²) in [6.07, 6.45) is 3.99. The monoisotopic (exact) mass is 295 g/mol. The molecule has 2 fully saturated rings. The number of ether oxygens (including phenoxy) is 1. The Labute approximate surface area is 125 Å². The van der Waals surface area contributed by atoms with Crippen LogP contribution in [0.15, 0.2) is 18.3 Å². The van der Waals surface area contributed by atoms with Crippen molar-refractivity contribution in [2.45, 2.75) is 18.9 Å². The lowest BCUT2D eigenvalue weighted by molar-refractivity contribution is 0.0212. The molecule has 1 atom stereocenters. The van der Waals surface area contributed by atoms with Crippen molar-refractivity contribution in [1.29, 1.82) is 0 Å². The predicted octanol–water partition coefficient (Wildman–Crippen LogP) is 2.11. The van der Waals surface area contributed by atoms with Crippen molar-refractivity contribution >= 4 is 11.6 Å². The Morgan fingerprint density at radius 3 is 2.75 bits per heavy atom. The first-order valence-corrected chi connectivity index (χ1v) is 7.87. The average molecular weight is 296 g/mol. The number of halogens is 1. The van der Waals surface area contributed by atoms with Gasteiger partial charge in [0.05, 0.1) is 0 Å². The van der Waals surface area contributed by atoms with E-state index in [9.17, 15) is 0 Å². The highest BCUT2D eigenvalue weighted by Gasteiger charge is 2.32. The number of nitrogens with zero attached hydrogens (tertiary/aromatic N) is 2. The van der Waals surface area contributed by atoms with Crippen molar-refractivity contribution in [3.8, 4) is 0 Å². The third-order valence-electron chi connectivity index (χ3n) is 4.36. The summed E-state index contributed by atoms with van der Waals surface area (Å²) in [5, 5.41) is 4.08. The van der Waals surface area contributed by atoms with E-state index in [2.05, 4.69) is 21.3 Å². The molecule has 0 saturated carbocycles. The highest BCUT2D eigenvalue weighted by molar-refractivity contribution is 6.30. The van der Waals surface area contributed by atoms with Crippen molar-refractivity contribution in [1.82, 2.24) is 15.2 Å². The third-order valence-corrected chi connectivity index (χ3v) is 4.68. The standard InChI is InChI=1S/C15H22ClN3O/c16-15-13(2-1-5-18-15)14(12-3-10-20-11-4-12)19-8-6-17-7-9-19/h1-2,5,12,14,17H,3-4,6-11H2/t14-/m1/s1. The Kier molecular flexibility index (Phi) is 4.89. The maximum absolute atomic E-state index is 6.37. The molecule has 2 aliphatic rings. The van der Waals surface area contributed by atoms with Crippen LogP contribution in [0.1, 0.15) is 24.4 Å². The second-order valence-electron chi connectivity index (χ2n) is 5.56. The van der Waals surface area contributed by atoms with Crippen molar-refractivity contribution in [3.63, 3.8) is 0 Å². The molecule has 3 rings (SSSR count). The van der Waals surface area contributed by atoms with E-state index in [1.165, 1.54) is 5.56 Å². The van der Waals surface area contributed by atoms with E-state index in [-0.39, 0.29) is 0 Å². The molecule has 0 radical (unpaired) electrons. The van der Waals surface area contributed by atoms with Gasteiger partial charge in [0.2, 0.25) is 0 Å². The van der Waals surface area contributed by atoms with Gasteiger partial charge >= 0.3 is 0 Å². The van der Waals surface area contributed by atoms with Crippen LogP contribution < -0.4 is 5.32 Å². The summed E-state index contributed by atoms with van der Waals surface area (Å²) in [6, 6.07) is 4.51. The second-order valence-corrected chi connectivity index (χ2v) is 5.92. The summed E-state index contributed by atoms with van der Waals surface area (Å²) in [5.41, 5.74) is 1.18. The Balaban J connectivity index is 1.87. The van der Waals surface area contributed by atoms with Gasteiger partial charge in [-0.1, -0.05) is 17.7 Å². The zero-order chi connectivity index (χ0) is 13.8. The van der Waals surface area contributed by atoms with Gasteiger partial charge in [0.1, 0.15) is 5.15 Å². The number of hydrogen-bond donors (Lipinski definition) is 1. The molecule has 0 bridgehead atoms. The second kappa shape index (κ2) is 6.85. The molecule has 1 aromatic rings. The van der Waals surface area contributed by atoms with Crippen LogP contribution in [-0.2, 0) is 4.74 Å². The van der Waals surface area contributed by atoms with Crippen LogP contribution in [0.3, 0.4) is 0 Å². The molecule has 0 spiro atoms. The topological polar surface area (TPSA) is 37.4 Å². The normalized spacial score (nSPS) is 23.6. The molecule has 5 heteroatoms. The molecule has 0 amide bonds. The fourth-order valence-corrected chi connectivity index (χ4v) is 3.59. The van der Waals surface area contributed by atoms with Crippen molar-refractivity contribution < 1.29 is 4.74 Å². The first kappa shape index (κ1) is 14.3. The van der Waals surface area contributed by atoms with Gasteiger partial charge in [0.25, 0.3) is 0 Å². The van der Waals surface area contributed by atoms with Crippen LogP contribution in [0.25, 0.3) is 0 Å². The van der Waals surface area contributed by atoms with E-state index in [1.807, 2.05) is 6.07 Å². The molecule has 3 heterocycles. The zero-order valence-electron chi connectivity index (χ0n) is 11.7. The molecular formula is C15H22ClN3O. The highest BCUT2D eigenvalue weighted by Crippen LogP contribution is 2.37. The lowest BCUT2D eigenvalue weighted by Gasteiger charge is -2.41.